The third kappa shape index (κ3) is 4.91. The Balaban J connectivity index is 1.48. The predicted octanol–water partition coefficient (Wildman–Crippen LogP) is 2.94. The second kappa shape index (κ2) is 8.79. The van der Waals surface area contributed by atoms with Gasteiger partial charge in [-0.25, -0.2) is 0 Å². The van der Waals surface area contributed by atoms with E-state index in [9.17, 15) is 4.79 Å². The van der Waals surface area contributed by atoms with Crippen LogP contribution in [0.15, 0.2) is 54.6 Å². The molecular weight excluding hydrogens is 312 g/mol. The molecule has 2 aromatic rings. The predicted molar refractivity (Wildman–Crippen MR) is 100 cm³/mol. The van der Waals surface area contributed by atoms with Gasteiger partial charge in [-0.15, -0.1) is 0 Å². The maximum absolute atomic E-state index is 12.4. The molecule has 1 heterocycles. The summed E-state index contributed by atoms with van der Waals surface area (Å²) in [5.74, 6) is 0.257. The standard InChI is InChI=1S/C21H26N2O2/c1-25-14-13-23-12-11-20(16-23)21(24)22-15-17-7-9-19(10-8-17)18-5-3-2-4-6-18/h2-10,20H,11-16H2,1H3,(H,22,24)/t20-/m1/s1. The highest BCUT2D eigenvalue weighted by molar-refractivity contribution is 5.79. The van der Waals surface area contributed by atoms with Crippen LogP contribution in [0.2, 0.25) is 0 Å². The fraction of sp³-hybridized carbons (Fsp3) is 0.381. The largest absolute Gasteiger partial charge is 0.383 e. The topological polar surface area (TPSA) is 41.6 Å². The summed E-state index contributed by atoms with van der Waals surface area (Å²) in [7, 11) is 1.71. The Morgan fingerprint density at radius 1 is 1.12 bits per heavy atom. The van der Waals surface area contributed by atoms with E-state index in [1.807, 2.05) is 18.2 Å². The zero-order chi connectivity index (χ0) is 17.5. The molecule has 1 saturated heterocycles. The molecule has 1 amide bonds. The Morgan fingerprint density at radius 3 is 2.56 bits per heavy atom. The third-order valence-corrected chi connectivity index (χ3v) is 4.78. The molecule has 0 unspecified atom stereocenters. The Labute approximate surface area is 149 Å². The van der Waals surface area contributed by atoms with Crippen LogP contribution in [-0.2, 0) is 16.1 Å². The molecule has 1 N–H and O–H groups in total. The highest BCUT2D eigenvalue weighted by atomic mass is 16.5. The molecule has 0 aromatic heterocycles. The lowest BCUT2D eigenvalue weighted by atomic mass is 10.0. The number of amides is 1. The summed E-state index contributed by atoms with van der Waals surface area (Å²) in [5.41, 5.74) is 3.53. The van der Waals surface area contributed by atoms with Crippen LogP contribution >= 0.6 is 0 Å². The van der Waals surface area contributed by atoms with Gasteiger partial charge in [0.25, 0.3) is 0 Å². The van der Waals surface area contributed by atoms with Crippen LogP contribution in [-0.4, -0.2) is 44.2 Å². The van der Waals surface area contributed by atoms with Crippen molar-refractivity contribution in [1.29, 1.82) is 0 Å². The van der Waals surface area contributed by atoms with Crippen LogP contribution in [0, 0.1) is 5.92 Å². The van der Waals surface area contributed by atoms with Gasteiger partial charge in [0.1, 0.15) is 0 Å². The van der Waals surface area contributed by atoms with E-state index in [1.165, 1.54) is 11.1 Å². The highest BCUT2D eigenvalue weighted by Crippen LogP contribution is 2.19. The zero-order valence-electron chi connectivity index (χ0n) is 14.8. The maximum Gasteiger partial charge on any atom is 0.224 e. The number of benzene rings is 2. The summed E-state index contributed by atoms with van der Waals surface area (Å²) in [6, 6.07) is 18.7. The van der Waals surface area contributed by atoms with E-state index in [0.717, 1.165) is 38.2 Å². The number of nitrogens with one attached hydrogen (secondary N) is 1. The summed E-state index contributed by atoms with van der Waals surface area (Å²) in [4.78, 5) is 14.7. The summed E-state index contributed by atoms with van der Waals surface area (Å²) in [5, 5.41) is 3.08. The molecule has 0 aliphatic carbocycles. The summed E-state index contributed by atoms with van der Waals surface area (Å²) in [6.45, 7) is 4.03. The first-order valence-electron chi connectivity index (χ1n) is 8.89. The average Bonchev–Trinajstić information content (AvgIpc) is 3.14. The van der Waals surface area contributed by atoms with Crippen molar-refractivity contribution in [2.45, 2.75) is 13.0 Å². The van der Waals surface area contributed by atoms with Gasteiger partial charge in [-0.05, 0) is 29.7 Å². The van der Waals surface area contributed by atoms with Crippen molar-refractivity contribution in [2.24, 2.45) is 5.92 Å². The van der Waals surface area contributed by atoms with E-state index in [0.29, 0.717) is 6.54 Å². The molecule has 132 valence electrons. The lowest BCUT2D eigenvalue weighted by Gasteiger charge is -2.15. The molecule has 3 rings (SSSR count). The minimum atomic E-state index is 0.0976. The minimum absolute atomic E-state index is 0.0976. The van der Waals surface area contributed by atoms with Gasteiger partial charge in [-0.2, -0.15) is 0 Å². The molecule has 4 heteroatoms. The van der Waals surface area contributed by atoms with Gasteiger partial charge in [-0.1, -0.05) is 54.6 Å². The first kappa shape index (κ1) is 17.6. The van der Waals surface area contributed by atoms with Gasteiger partial charge in [-0.3, -0.25) is 4.79 Å². The van der Waals surface area contributed by atoms with Gasteiger partial charge >= 0.3 is 0 Å². The molecule has 0 spiro atoms. The van der Waals surface area contributed by atoms with E-state index in [1.54, 1.807) is 7.11 Å². The number of hydrogen-bond donors (Lipinski definition) is 1. The summed E-state index contributed by atoms with van der Waals surface area (Å²) >= 11 is 0. The first-order valence-corrected chi connectivity index (χ1v) is 8.89. The zero-order valence-corrected chi connectivity index (χ0v) is 14.8. The number of carbonyl (C=O) groups excluding carboxylic acids is 1. The van der Waals surface area contributed by atoms with Gasteiger partial charge in [0.2, 0.25) is 5.91 Å². The molecule has 1 atom stereocenters. The minimum Gasteiger partial charge on any atom is -0.383 e. The summed E-state index contributed by atoms with van der Waals surface area (Å²) < 4.78 is 5.10. The molecule has 0 saturated carbocycles. The second-order valence-corrected chi connectivity index (χ2v) is 6.56. The van der Waals surface area contributed by atoms with E-state index in [-0.39, 0.29) is 11.8 Å². The van der Waals surface area contributed by atoms with Gasteiger partial charge in [0, 0.05) is 26.7 Å². The van der Waals surface area contributed by atoms with Gasteiger partial charge in [0.15, 0.2) is 0 Å². The van der Waals surface area contributed by atoms with Crippen LogP contribution in [0.3, 0.4) is 0 Å². The van der Waals surface area contributed by atoms with Gasteiger partial charge in [0.05, 0.1) is 12.5 Å². The van der Waals surface area contributed by atoms with Crippen molar-refractivity contribution in [3.05, 3.63) is 60.2 Å². The molecule has 1 aliphatic rings. The third-order valence-electron chi connectivity index (χ3n) is 4.78. The van der Waals surface area contributed by atoms with Crippen LogP contribution in [0.25, 0.3) is 11.1 Å². The highest BCUT2D eigenvalue weighted by Gasteiger charge is 2.27. The smallest absolute Gasteiger partial charge is 0.224 e. The first-order chi connectivity index (χ1) is 12.3. The molecule has 1 aliphatic heterocycles. The summed E-state index contributed by atoms with van der Waals surface area (Å²) in [6.07, 6.45) is 0.933. The Bertz CT molecular complexity index is 670. The SMILES string of the molecule is COCCN1CC[C@@H](C(=O)NCc2ccc(-c3ccccc3)cc2)C1. The van der Waals surface area contributed by atoms with E-state index in [2.05, 4.69) is 46.6 Å². The number of carbonyl (C=O) groups is 1. The molecular formula is C21H26N2O2. The van der Waals surface area contributed by atoms with Crippen LogP contribution in [0.4, 0.5) is 0 Å². The lowest BCUT2D eigenvalue weighted by molar-refractivity contribution is -0.124. The van der Waals surface area contributed by atoms with Crippen molar-refractivity contribution in [3.8, 4) is 11.1 Å². The molecule has 4 nitrogen and oxygen atoms in total. The monoisotopic (exact) mass is 338 g/mol. The lowest BCUT2D eigenvalue weighted by Crippen LogP contribution is -2.33. The Morgan fingerprint density at radius 2 is 1.84 bits per heavy atom. The Hall–Kier alpha value is -2.17. The second-order valence-electron chi connectivity index (χ2n) is 6.56. The Kier molecular flexibility index (Phi) is 6.20. The number of hydrogen-bond acceptors (Lipinski definition) is 3. The number of ether oxygens (including phenoxy) is 1. The number of likely N-dealkylation sites (tertiary alicyclic amines) is 1. The number of methoxy groups -OCH3 is 1. The van der Waals surface area contributed by atoms with Crippen molar-refractivity contribution >= 4 is 5.91 Å². The quantitative estimate of drug-likeness (QED) is 0.844. The van der Waals surface area contributed by atoms with E-state index < -0.39 is 0 Å². The van der Waals surface area contributed by atoms with Crippen molar-refractivity contribution in [3.63, 3.8) is 0 Å². The van der Waals surface area contributed by atoms with Crippen molar-refractivity contribution < 1.29 is 9.53 Å². The number of rotatable bonds is 7. The van der Waals surface area contributed by atoms with Gasteiger partial charge < -0.3 is 15.0 Å². The van der Waals surface area contributed by atoms with Crippen molar-refractivity contribution in [1.82, 2.24) is 10.2 Å². The van der Waals surface area contributed by atoms with E-state index in [4.69, 9.17) is 4.74 Å². The fourth-order valence-electron chi connectivity index (χ4n) is 3.25. The normalized spacial score (nSPS) is 17.6. The molecule has 25 heavy (non-hydrogen) atoms. The molecule has 0 radical (unpaired) electrons. The number of nitrogens with zero attached hydrogens (tertiary/aromatic N) is 1. The van der Waals surface area contributed by atoms with Crippen LogP contribution in [0.5, 0.6) is 0 Å². The molecule has 2 aromatic carbocycles. The van der Waals surface area contributed by atoms with E-state index >= 15 is 0 Å². The molecule has 1 fully saturated rings. The van der Waals surface area contributed by atoms with Crippen LogP contribution < -0.4 is 5.32 Å². The average molecular weight is 338 g/mol. The maximum atomic E-state index is 12.4. The van der Waals surface area contributed by atoms with Crippen LogP contribution in [0.1, 0.15) is 12.0 Å². The fourth-order valence-corrected chi connectivity index (χ4v) is 3.25. The molecule has 0 bridgehead atoms. The van der Waals surface area contributed by atoms with Crippen molar-refractivity contribution in [2.75, 3.05) is 33.4 Å².